The van der Waals surface area contributed by atoms with E-state index < -0.39 is 6.04 Å². The van der Waals surface area contributed by atoms with Crippen LogP contribution in [0.25, 0.3) is 0 Å². The number of aromatic nitrogens is 2. The maximum absolute atomic E-state index is 11.9. The van der Waals surface area contributed by atoms with Gasteiger partial charge in [-0.2, -0.15) is 0 Å². The second kappa shape index (κ2) is 5.65. The third-order valence-electron chi connectivity index (χ3n) is 2.36. The molecule has 0 radical (unpaired) electrons. The van der Waals surface area contributed by atoms with Gasteiger partial charge in [0.15, 0.2) is 0 Å². The molecule has 1 heterocycles. The fourth-order valence-corrected chi connectivity index (χ4v) is 1.58. The van der Waals surface area contributed by atoms with Gasteiger partial charge in [-0.15, -0.1) is 0 Å². The summed E-state index contributed by atoms with van der Waals surface area (Å²) in [6, 6.07) is -0.417. The zero-order valence-corrected chi connectivity index (χ0v) is 10.1. The number of likely N-dealkylation sites (N-methyl/N-ethyl adjacent to an activating group) is 1. The Morgan fingerprint density at radius 3 is 2.81 bits per heavy atom. The molecule has 1 aromatic rings. The van der Waals surface area contributed by atoms with Crippen molar-refractivity contribution in [2.75, 3.05) is 7.05 Å². The van der Waals surface area contributed by atoms with Crippen molar-refractivity contribution >= 4 is 5.91 Å². The van der Waals surface area contributed by atoms with Crippen LogP contribution in [0.1, 0.15) is 26.1 Å². The molecule has 1 amide bonds. The summed E-state index contributed by atoms with van der Waals surface area (Å²) in [4.78, 5) is 20.5. The topological polar surface area (TPSA) is 75.0 Å². The molecule has 3 N–H and O–H groups in total. The molecule has 0 saturated carbocycles. The molecule has 1 rings (SSSR count). The summed E-state index contributed by atoms with van der Waals surface area (Å²) < 4.78 is 0. The number of nitrogens with one attached hydrogen (secondary N) is 1. The number of imidazole rings is 1. The molecule has 0 saturated heterocycles. The average molecular weight is 224 g/mol. The van der Waals surface area contributed by atoms with Crippen molar-refractivity contribution in [2.24, 2.45) is 11.7 Å². The second-order valence-electron chi connectivity index (χ2n) is 4.47. The van der Waals surface area contributed by atoms with Gasteiger partial charge in [-0.3, -0.25) is 4.79 Å². The lowest BCUT2D eigenvalue weighted by Gasteiger charge is -2.21. The number of amides is 1. The van der Waals surface area contributed by atoms with Gasteiger partial charge in [0.05, 0.1) is 12.6 Å². The van der Waals surface area contributed by atoms with Crippen LogP contribution in [0.5, 0.6) is 0 Å². The Morgan fingerprint density at radius 1 is 1.62 bits per heavy atom. The smallest absolute Gasteiger partial charge is 0.239 e. The lowest BCUT2D eigenvalue weighted by atomic mass is 10.0. The van der Waals surface area contributed by atoms with Crippen LogP contribution in [0.3, 0.4) is 0 Å². The van der Waals surface area contributed by atoms with E-state index in [9.17, 15) is 4.79 Å². The highest BCUT2D eigenvalue weighted by atomic mass is 16.2. The molecule has 5 nitrogen and oxygen atoms in total. The van der Waals surface area contributed by atoms with E-state index in [-0.39, 0.29) is 5.91 Å². The van der Waals surface area contributed by atoms with E-state index in [0.717, 1.165) is 5.82 Å². The lowest BCUT2D eigenvalue weighted by molar-refractivity contribution is -0.132. The fourth-order valence-electron chi connectivity index (χ4n) is 1.58. The van der Waals surface area contributed by atoms with E-state index in [1.165, 1.54) is 0 Å². The Morgan fingerprint density at radius 2 is 2.31 bits per heavy atom. The summed E-state index contributed by atoms with van der Waals surface area (Å²) in [5.41, 5.74) is 5.83. The summed E-state index contributed by atoms with van der Waals surface area (Å²) >= 11 is 0. The van der Waals surface area contributed by atoms with Gasteiger partial charge in [0.1, 0.15) is 5.82 Å². The highest BCUT2D eigenvalue weighted by Gasteiger charge is 2.19. The summed E-state index contributed by atoms with van der Waals surface area (Å²) in [6.07, 6.45) is 4.12. The quantitative estimate of drug-likeness (QED) is 0.774. The fraction of sp³-hybridized carbons (Fsp3) is 0.636. The first kappa shape index (κ1) is 12.7. The molecule has 5 heteroatoms. The largest absolute Gasteiger partial charge is 0.347 e. The van der Waals surface area contributed by atoms with E-state index in [4.69, 9.17) is 5.73 Å². The van der Waals surface area contributed by atoms with Crippen molar-refractivity contribution in [1.82, 2.24) is 14.9 Å². The number of carbonyl (C=O) groups excluding carboxylic acids is 1. The van der Waals surface area contributed by atoms with E-state index in [2.05, 4.69) is 23.8 Å². The molecule has 0 aliphatic rings. The molecule has 16 heavy (non-hydrogen) atoms. The van der Waals surface area contributed by atoms with Gasteiger partial charge in [0.25, 0.3) is 0 Å². The Balaban J connectivity index is 2.47. The Hall–Kier alpha value is -1.36. The molecular weight excluding hydrogens is 204 g/mol. The second-order valence-corrected chi connectivity index (χ2v) is 4.47. The van der Waals surface area contributed by atoms with Crippen molar-refractivity contribution in [3.8, 4) is 0 Å². The number of H-pyrrole nitrogens is 1. The highest BCUT2D eigenvalue weighted by molar-refractivity contribution is 5.81. The van der Waals surface area contributed by atoms with E-state index in [0.29, 0.717) is 18.9 Å². The molecular formula is C11H20N4O. The number of nitrogens with two attached hydrogens (primary N) is 1. The Bertz CT molecular complexity index is 321. The minimum atomic E-state index is -0.417. The zero-order chi connectivity index (χ0) is 12.1. The number of aromatic amines is 1. The molecule has 0 spiro atoms. The minimum Gasteiger partial charge on any atom is -0.347 e. The normalized spacial score (nSPS) is 12.8. The molecule has 90 valence electrons. The van der Waals surface area contributed by atoms with Crippen LogP contribution >= 0.6 is 0 Å². The van der Waals surface area contributed by atoms with Gasteiger partial charge >= 0.3 is 0 Å². The number of nitrogens with zero attached hydrogens (tertiary/aromatic N) is 2. The number of rotatable bonds is 5. The third kappa shape index (κ3) is 3.66. The van der Waals surface area contributed by atoms with Crippen LogP contribution in [-0.2, 0) is 11.3 Å². The molecule has 0 aromatic carbocycles. The first-order valence-electron chi connectivity index (χ1n) is 5.49. The molecule has 0 aliphatic heterocycles. The molecule has 1 aromatic heterocycles. The Kier molecular flexibility index (Phi) is 4.49. The molecule has 0 bridgehead atoms. The van der Waals surface area contributed by atoms with Crippen LogP contribution in [0.2, 0.25) is 0 Å². The number of hydrogen-bond acceptors (Lipinski definition) is 3. The predicted octanol–water partition coefficient (Wildman–Crippen LogP) is 0.741. The lowest BCUT2D eigenvalue weighted by Crippen LogP contribution is -2.42. The minimum absolute atomic E-state index is 0.0369. The maximum atomic E-state index is 11.9. The number of carbonyl (C=O) groups is 1. The van der Waals surface area contributed by atoms with Crippen molar-refractivity contribution < 1.29 is 4.79 Å². The van der Waals surface area contributed by atoms with Gasteiger partial charge in [-0.25, -0.2) is 4.98 Å². The van der Waals surface area contributed by atoms with Crippen LogP contribution in [0, 0.1) is 5.92 Å². The van der Waals surface area contributed by atoms with Crippen molar-refractivity contribution in [3.63, 3.8) is 0 Å². The maximum Gasteiger partial charge on any atom is 0.239 e. The van der Waals surface area contributed by atoms with E-state index in [1.807, 2.05) is 0 Å². The Labute approximate surface area is 96.0 Å². The summed E-state index contributed by atoms with van der Waals surface area (Å²) in [5.74, 6) is 1.16. The van der Waals surface area contributed by atoms with Crippen molar-refractivity contribution in [2.45, 2.75) is 32.9 Å². The monoisotopic (exact) mass is 224 g/mol. The highest BCUT2D eigenvalue weighted by Crippen LogP contribution is 2.06. The van der Waals surface area contributed by atoms with Gasteiger partial charge in [-0.05, 0) is 12.3 Å². The standard InChI is InChI=1S/C11H20N4O/c1-8(2)6-9(12)11(16)15(3)7-10-13-4-5-14-10/h4-5,8-9H,6-7,12H2,1-3H3,(H,13,14)/t9-/m1/s1. The molecule has 1 atom stereocenters. The molecule has 0 unspecified atom stereocenters. The molecule has 0 aliphatic carbocycles. The van der Waals surface area contributed by atoms with Crippen LogP contribution in [-0.4, -0.2) is 33.9 Å². The molecule has 0 fully saturated rings. The van der Waals surface area contributed by atoms with E-state index >= 15 is 0 Å². The third-order valence-corrected chi connectivity index (χ3v) is 2.36. The average Bonchev–Trinajstić information content (AvgIpc) is 2.68. The summed E-state index contributed by atoms with van der Waals surface area (Å²) in [7, 11) is 1.74. The van der Waals surface area contributed by atoms with Crippen LogP contribution < -0.4 is 5.73 Å². The van der Waals surface area contributed by atoms with Gasteiger partial charge < -0.3 is 15.6 Å². The predicted molar refractivity (Wildman–Crippen MR) is 62.5 cm³/mol. The van der Waals surface area contributed by atoms with Crippen molar-refractivity contribution in [3.05, 3.63) is 18.2 Å². The van der Waals surface area contributed by atoms with Gasteiger partial charge in [0.2, 0.25) is 5.91 Å². The van der Waals surface area contributed by atoms with Crippen LogP contribution in [0.15, 0.2) is 12.4 Å². The zero-order valence-electron chi connectivity index (χ0n) is 10.1. The first-order chi connectivity index (χ1) is 7.50. The van der Waals surface area contributed by atoms with E-state index in [1.54, 1.807) is 24.3 Å². The van der Waals surface area contributed by atoms with Gasteiger partial charge in [0, 0.05) is 19.4 Å². The first-order valence-corrected chi connectivity index (χ1v) is 5.49. The van der Waals surface area contributed by atoms with Crippen molar-refractivity contribution in [1.29, 1.82) is 0 Å². The summed E-state index contributed by atoms with van der Waals surface area (Å²) in [6.45, 7) is 4.58. The van der Waals surface area contributed by atoms with Crippen LogP contribution in [0.4, 0.5) is 0 Å². The number of hydrogen-bond donors (Lipinski definition) is 2. The van der Waals surface area contributed by atoms with Gasteiger partial charge in [-0.1, -0.05) is 13.8 Å². The summed E-state index contributed by atoms with van der Waals surface area (Å²) in [5, 5.41) is 0. The SMILES string of the molecule is CC(C)C[C@@H](N)C(=O)N(C)Cc1ncc[nH]1.